The number of rotatable bonds is 5. The van der Waals surface area contributed by atoms with Gasteiger partial charge >= 0.3 is 12.0 Å². The van der Waals surface area contributed by atoms with Crippen LogP contribution in [0.4, 0.5) is 4.79 Å². The Morgan fingerprint density at radius 3 is 2.32 bits per heavy atom. The second kappa shape index (κ2) is 7.13. The Morgan fingerprint density at radius 1 is 1.26 bits per heavy atom. The Labute approximate surface area is 120 Å². The normalized spacial score (nSPS) is 13.4. The van der Waals surface area contributed by atoms with Crippen molar-refractivity contribution >= 4 is 27.9 Å². The lowest BCUT2D eigenvalue weighted by Gasteiger charge is -2.17. The topological polar surface area (TPSA) is 78.4 Å². The first-order chi connectivity index (χ1) is 8.93. The lowest BCUT2D eigenvalue weighted by molar-refractivity contribution is -0.139. The molecule has 6 heteroatoms. The number of urea groups is 1. The molecule has 0 heterocycles. The summed E-state index contributed by atoms with van der Waals surface area (Å²) in [4.78, 5) is 22.5. The molecule has 0 radical (unpaired) electrons. The molecule has 104 valence electrons. The van der Waals surface area contributed by atoms with Gasteiger partial charge < -0.3 is 15.7 Å². The fourth-order valence-electron chi connectivity index (χ4n) is 1.57. The predicted molar refractivity (Wildman–Crippen MR) is 75.9 cm³/mol. The molecule has 0 aromatic heterocycles. The maximum absolute atomic E-state index is 11.7. The van der Waals surface area contributed by atoms with Crippen LogP contribution in [0.1, 0.15) is 31.9 Å². The molecule has 0 aliphatic heterocycles. The Balaban J connectivity index is 2.56. The Kier molecular flexibility index (Phi) is 5.82. The molecule has 2 atom stereocenters. The van der Waals surface area contributed by atoms with E-state index < -0.39 is 18.0 Å². The van der Waals surface area contributed by atoms with Gasteiger partial charge in [-0.2, -0.15) is 0 Å². The van der Waals surface area contributed by atoms with E-state index in [0.717, 1.165) is 10.0 Å². The summed E-state index contributed by atoms with van der Waals surface area (Å²) < 4.78 is 0.963. The van der Waals surface area contributed by atoms with E-state index in [1.165, 1.54) is 0 Å². The van der Waals surface area contributed by atoms with Crippen molar-refractivity contribution in [3.05, 3.63) is 34.3 Å². The van der Waals surface area contributed by atoms with E-state index in [-0.39, 0.29) is 6.04 Å². The number of hydrogen-bond donors (Lipinski definition) is 3. The van der Waals surface area contributed by atoms with Gasteiger partial charge in [-0.25, -0.2) is 9.59 Å². The highest BCUT2D eigenvalue weighted by atomic mass is 79.9. The number of benzene rings is 1. The maximum atomic E-state index is 11.7. The largest absolute Gasteiger partial charge is 0.480 e. The van der Waals surface area contributed by atoms with Gasteiger partial charge in [0.1, 0.15) is 6.04 Å². The minimum Gasteiger partial charge on any atom is -0.480 e. The van der Waals surface area contributed by atoms with Crippen molar-refractivity contribution in [1.82, 2.24) is 10.6 Å². The monoisotopic (exact) mass is 328 g/mol. The average Bonchev–Trinajstić information content (AvgIpc) is 2.36. The van der Waals surface area contributed by atoms with E-state index in [4.69, 9.17) is 5.11 Å². The Hall–Kier alpha value is -1.56. The number of nitrogens with one attached hydrogen (secondary N) is 2. The molecule has 2 amide bonds. The molecule has 1 aromatic rings. The van der Waals surface area contributed by atoms with Gasteiger partial charge in [-0.1, -0.05) is 35.0 Å². The highest BCUT2D eigenvalue weighted by Gasteiger charge is 2.18. The summed E-state index contributed by atoms with van der Waals surface area (Å²) >= 11 is 3.34. The molecule has 5 nitrogen and oxygen atoms in total. The van der Waals surface area contributed by atoms with E-state index in [1.54, 1.807) is 6.92 Å². The molecule has 3 N–H and O–H groups in total. The molecule has 0 fully saturated rings. The molecule has 0 spiro atoms. The maximum Gasteiger partial charge on any atom is 0.326 e. The van der Waals surface area contributed by atoms with Crippen molar-refractivity contribution in [1.29, 1.82) is 0 Å². The summed E-state index contributed by atoms with van der Waals surface area (Å²) in [6.45, 7) is 3.54. The summed E-state index contributed by atoms with van der Waals surface area (Å²) in [6, 6.07) is 6.02. The number of aliphatic carboxylic acids is 1. The molecule has 1 unspecified atom stereocenters. The first-order valence-corrected chi connectivity index (χ1v) is 6.78. The zero-order chi connectivity index (χ0) is 14.4. The van der Waals surface area contributed by atoms with Crippen LogP contribution >= 0.6 is 15.9 Å². The van der Waals surface area contributed by atoms with Gasteiger partial charge in [-0.05, 0) is 31.0 Å². The van der Waals surface area contributed by atoms with Crippen molar-refractivity contribution in [2.24, 2.45) is 0 Å². The highest BCUT2D eigenvalue weighted by molar-refractivity contribution is 9.10. The molecule has 1 rings (SSSR count). The number of hydrogen-bond acceptors (Lipinski definition) is 2. The first kappa shape index (κ1) is 15.5. The van der Waals surface area contributed by atoms with Gasteiger partial charge in [0, 0.05) is 4.47 Å². The zero-order valence-electron chi connectivity index (χ0n) is 10.8. The van der Waals surface area contributed by atoms with Gasteiger partial charge in [0.2, 0.25) is 0 Å². The van der Waals surface area contributed by atoms with Crippen molar-refractivity contribution in [2.75, 3.05) is 0 Å². The second-order valence-electron chi connectivity index (χ2n) is 4.19. The van der Waals surface area contributed by atoms with Gasteiger partial charge in [0.05, 0.1) is 6.04 Å². The molecule has 0 aliphatic carbocycles. The van der Waals surface area contributed by atoms with E-state index in [2.05, 4.69) is 26.6 Å². The molecule has 0 bridgehead atoms. The molecule has 0 aliphatic rings. The summed E-state index contributed by atoms with van der Waals surface area (Å²) in [7, 11) is 0. The third-order valence-corrected chi connectivity index (χ3v) is 3.26. The third kappa shape index (κ3) is 4.90. The van der Waals surface area contributed by atoms with Crippen molar-refractivity contribution in [3.63, 3.8) is 0 Å². The predicted octanol–water partition coefficient (Wildman–Crippen LogP) is 2.67. The van der Waals surface area contributed by atoms with Crippen molar-refractivity contribution in [3.8, 4) is 0 Å². The van der Waals surface area contributed by atoms with Crippen LogP contribution in [-0.4, -0.2) is 23.1 Å². The van der Waals surface area contributed by atoms with Crippen LogP contribution in [0.3, 0.4) is 0 Å². The van der Waals surface area contributed by atoms with Crippen LogP contribution in [-0.2, 0) is 4.79 Å². The van der Waals surface area contributed by atoms with Crippen LogP contribution < -0.4 is 10.6 Å². The van der Waals surface area contributed by atoms with Crippen molar-refractivity contribution < 1.29 is 14.7 Å². The Bertz CT molecular complexity index is 448. The molecular weight excluding hydrogens is 312 g/mol. The number of carboxylic acids is 1. The fourth-order valence-corrected chi connectivity index (χ4v) is 1.83. The number of amides is 2. The van der Waals surface area contributed by atoms with Crippen LogP contribution in [0.15, 0.2) is 28.7 Å². The van der Waals surface area contributed by atoms with Crippen LogP contribution in [0, 0.1) is 0 Å². The van der Waals surface area contributed by atoms with Gasteiger partial charge in [0.25, 0.3) is 0 Å². The summed E-state index contributed by atoms with van der Waals surface area (Å²) in [5, 5.41) is 14.0. The zero-order valence-corrected chi connectivity index (χ0v) is 12.4. The second-order valence-corrected chi connectivity index (χ2v) is 5.11. The molecular formula is C13H17BrN2O3. The molecule has 0 saturated carbocycles. The standard InChI is InChI=1S/C13H17BrN2O3/c1-3-11(12(17)18)16-13(19)15-8(2)9-4-6-10(14)7-5-9/h4-8,11H,3H2,1-2H3,(H,17,18)(H2,15,16,19)/t8?,11-/m0/s1. The highest BCUT2D eigenvalue weighted by Crippen LogP contribution is 2.16. The van der Waals surface area contributed by atoms with E-state index in [0.29, 0.717) is 6.42 Å². The van der Waals surface area contributed by atoms with E-state index >= 15 is 0 Å². The van der Waals surface area contributed by atoms with E-state index in [9.17, 15) is 9.59 Å². The number of carboxylic acid groups (broad SMARTS) is 1. The van der Waals surface area contributed by atoms with Crippen LogP contribution in [0.5, 0.6) is 0 Å². The average molecular weight is 329 g/mol. The summed E-state index contributed by atoms with van der Waals surface area (Å²) in [5.41, 5.74) is 0.946. The Morgan fingerprint density at radius 2 is 1.84 bits per heavy atom. The summed E-state index contributed by atoms with van der Waals surface area (Å²) in [5.74, 6) is -1.03. The molecule has 1 aromatic carbocycles. The lowest BCUT2D eigenvalue weighted by atomic mass is 10.1. The third-order valence-electron chi connectivity index (χ3n) is 2.73. The van der Waals surface area contributed by atoms with E-state index in [1.807, 2.05) is 31.2 Å². The minimum absolute atomic E-state index is 0.195. The quantitative estimate of drug-likeness (QED) is 0.777. The lowest BCUT2D eigenvalue weighted by Crippen LogP contribution is -2.46. The first-order valence-electron chi connectivity index (χ1n) is 5.99. The smallest absolute Gasteiger partial charge is 0.326 e. The number of carbonyl (C=O) groups excluding carboxylic acids is 1. The fraction of sp³-hybridized carbons (Fsp3) is 0.385. The minimum atomic E-state index is -1.03. The van der Waals surface area contributed by atoms with Crippen LogP contribution in [0.2, 0.25) is 0 Å². The van der Waals surface area contributed by atoms with Gasteiger partial charge in [0.15, 0.2) is 0 Å². The van der Waals surface area contributed by atoms with Gasteiger partial charge in [-0.3, -0.25) is 0 Å². The van der Waals surface area contributed by atoms with Crippen LogP contribution in [0.25, 0.3) is 0 Å². The number of halogens is 1. The molecule has 0 saturated heterocycles. The van der Waals surface area contributed by atoms with Gasteiger partial charge in [-0.15, -0.1) is 0 Å². The van der Waals surface area contributed by atoms with Crippen molar-refractivity contribution in [2.45, 2.75) is 32.4 Å². The SMILES string of the molecule is CC[C@H](NC(=O)NC(C)c1ccc(Br)cc1)C(=O)O. The molecule has 19 heavy (non-hydrogen) atoms. The number of carbonyl (C=O) groups is 2. The summed E-state index contributed by atoms with van der Waals surface area (Å²) in [6.07, 6.45) is 0.343.